The number of aromatic hydroxyl groups is 1. The van der Waals surface area contributed by atoms with Crippen LogP contribution in [0.5, 0.6) is 11.5 Å². The van der Waals surface area contributed by atoms with Crippen LogP contribution in [0.4, 0.5) is 18.9 Å². The van der Waals surface area contributed by atoms with E-state index in [2.05, 4.69) is 4.74 Å². The van der Waals surface area contributed by atoms with Crippen LogP contribution >= 0.6 is 0 Å². The molecule has 272 valence electrons. The molecule has 12 heteroatoms. The van der Waals surface area contributed by atoms with Gasteiger partial charge in [0, 0.05) is 23.0 Å². The lowest BCUT2D eigenvalue weighted by atomic mass is 9.44. The Morgan fingerprint density at radius 3 is 2.22 bits per heavy atom. The van der Waals surface area contributed by atoms with E-state index in [-0.39, 0.29) is 35.2 Å². The van der Waals surface area contributed by atoms with Gasteiger partial charge in [0.1, 0.15) is 11.5 Å². The number of phenolic OH excluding ortho intramolecular Hbond substituents is 1. The number of aromatic carboxylic acids is 1. The molecule has 6 atom stereocenters. The second-order valence-corrected chi connectivity index (χ2v) is 13.9. The van der Waals surface area contributed by atoms with Gasteiger partial charge in [0.05, 0.1) is 28.5 Å². The topological polar surface area (TPSA) is 138 Å². The summed E-state index contributed by atoms with van der Waals surface area (Å²) < 4.78 is 45.0. The zero-order valence-electron chi connectivity index (χ0n) is 28.2. The minimum atomic E-state index is -5.09. The molecular formula is C42H30F3NO8. The molecule has 1 aliphatic heterocycles. The van der Waals surface area contributed by atoms with E-state index in [1.807, 2.05) is 0 Å². The number of phenols is 1. The van der Waals surface area contributed by atoms with Gasteiger partial charge in [0.25, 0.3) is 0 Å². The summed E-state index contributed by atoms with van der Waals surface area (Å²) in [6.45, 7) is 0. The Labute approximate surface area is 306 Å². The minimum Gasteiger partial charge on any atom is -0.508 e. The largest absolute Gasteiger partial charge is 0.573 e. The molecule has 54 heavy (non-hydrogen) atoms. The van der Waals surface area contributed by atoms with Crippen LogP contribution in [-0.4, -0.2) is 45.9 Å². The van der Waals surface area contributed by atoms with Crippen LogP contribution in [0.2, 0.25) is 0 Å². The average Bonchev–Trinajstić information content (AvgIpc) is 3.42. The summed E-state index contributed by atoms with van der Waals surface area (Å²) in [7, 11) is 0. The van der Waals surface area contributed by atoms with Crippen LogP contribution < -0.4 is 9.64 Å². The molecule has 0 aromatic heterocycles. The fraction of sp³-hybridized carbons (Fsp3) is 0.214. The number of carbonyl (C=O) groups is 5. The third-order valence-corrected chi connectivity index (χ3v) is 11.3. The van der Waals surface area contributed by atoms with Crippen LogP contribution in [0, 0.1) is 23.7 Å². The molecule has 2 amide bonds. The molecule has 8 rings (SSSR count). The molecule has 1 heterocycles. The molecule has 3 aliphatic carbocycles. The first kappa shape index (κ1) is 34.8. The molecule has 4 aromatic carbocycles. The van der Waals surface area contributed by atoms with Gasteiger partial charge in [-0.15, -0.1) is 13.2 Å². The van der Waals surface area contributed by atoms with Gasteiger partial charge in [-0.2, -0.15) is 0 Å². The SMILES string of the molecule is O=C(O)c1cccc(N2C(=O)C3CC=C4C(CC5C(=O)C(c6ccccc6)=CC(=O)C5(c5ccccc5)C4c4cc(OC(F)(F)F)ccc4O)C3C2=O)c1. The number of alkyl halides is 3. The van der Waals surface area contributed by atoms with Crippen molar-refractivity contribution < 1.29 is 52.1 Å². The number of ketones is 2. The van der Waals surface area contributed by atoms with E-state index < -0.39 is 82.2 Å². The van der Waals surface area contributed by atoms with Gasteiger partial charge in [-0.3, -0.25) is 24.1 Å². The predicted octanol–water partition coefficient (Wildman–Crippen LogP) is 7.02. The number of rotatable bonds is 6. The Bertz CT molecular complexity index is 2320. The predicted molar refractivity (Wildman–Crippen MR) is 187 cm³/mol. The highest BCUT2D eigenvalue weighted by Gasteiger charge is 2.66. The van der Waals surface area contributed by atoms with Crippen molar-refractivity contribution in [3.05, 3.63) is 143 Å². The molecule has 9 nitrogen and oxygen atoms in total. The number of anilines is 1. The van der Waals surface area contributed by atoms with Crippen LogP contribution in [0.1, 0.15) is 45.8 Å². The third kappa shape index (κ3) is 5.35. The van der Waals surface area contributed by atoms with Crippen molar-refractivity contribution in [3.63, 3.8) is 0 Å². The zero-order valence-corrected chi connectivity index (χ0v) is 28.2. The number of ether oxygens (including phenoxy) is 1. The van der Waals surface area contributed by atoms with E-state index in [0.717, 1.165) is 23.1 Å². The van der Waals surface area contributed by atoms with Gasteiger partial charge < -0.3 is 14.9 Å². The summed E-state index contributed by atoms with van der Waals surface area (Å²) in [6, 6.07) is 25.3. The van der Waals surface area contributed by atoms with Crippen molar-refractivity contribution >= 4 is 40.6 Å². The zero-order chi connectivity index (χ0) is 38.1. The second-order valence-electron chi connectivity index (χ2n) is 13.9. The smallest absolute Gasteiger partial charge is 0.508 e. The standard InChI is InChI=1S/C42H30F3NO8/c43-42(44,45)54-26-14-17-33(47)31(19-26)36-27-15-16-28-35(39(51)46(38(28)50)25-13-7-10-23(18-25)40(52)53)30(27)20-32-37(49)29(22-8-3-1-4-9-22)21-34(48)41(32,36)24-11-5-2-6-12-24/h1-15,17-19,21,28,30,32,35-36,47H,16,20H2,(H,52,53). The number of halogens is 3. The number of carboxylic acid groups (broad SMARTS) is 1. The lowest BCUT2D eigenvalue weighted by Crippen LogP contribution is -2.58. The van der Waals surface area contributed by atoms with E-state index >= 15 is 9.59 Å². The first-order chi connectivity index (χ1) is 25.8. The summed E-state index contributed by atoms with van der Waals surface area (Å²) in [5, 5.41) is 21.1. The number of Topliss-reactive ketones (excluding diaryl/α,β-unsaturated/α-hetero) is 1. The summed E-state index contributed by atoms with van der Waals surface area (Å²) in [6.07, 6.45) is -2.23. The molecule has 1 saturated heterocycles. The number of fused-ring (bicyclic) bond motifs is 4. The monoisotopic (exact) mass is 733 g/mol. The lowest BCUT2D eigenvalue weighted by molar-refractivity contribution is -0.274. The van der Waals surface area contributed by atoms with Gasteiger partial charge in [0.2, 0.25) is 11.8 Å². The van der Waals surface area contributed by atoms with Crippen molar-refractivity contribution in [3.8, 4) is 11.5 Å². The number of hydrogen-bond acceptors (Lipinski definition) is 7. The summed E-state index contributed by atoms with van der Waals surface area (Å²) >= 11 is 0. The minimum absolute atomic E-state index is 0.00498. The second kappa shape index (κ2) is 12.7. The molecule has 0 spiro atoms. The molecular weight excluding hydrogens is 703 g/mol. The number of allylic oxidation sites excluding steroid dienone is 4. The van der Waals surface area contributed by atoms with Crippen LogP contribution in [-0.2, 0) is 24.6 Å². The fourth-order valence-corrected chi connectivity index (χ4v) is 9.21. The Kier molecular flexibility index (Phi) is 8.16. The van der Waals surface area contributed by atoms with Crippen LogP contribution in [0.3, 0.4) is 0 Å². The molecule has 4 aliphatic rings. The van der Waals surface area contributed by atoms with E-state index in [9.17, 15) is 37.8 Å². The maximum Gasteiger partial charge on any atom is 0.573 e. The van der Waals surface area contributed by atoms with Gasteiger partial charge in [-0.05, 0) is 72.4 Å². The Morgan fingerprint density at radius 2 is 1.54 bits per heavy atom. The first-order valence-electron chi connectivity index (χ1n) is 17.2. The van der Waals surface area contributed by atoms with Crippen LogP contribution in [0.25, 0.3) is 5.57 Å². The third-order valence-electron chi connectivity index (χ3n) is 11.3. The fourth-order valence-electron chi connectivity index (χ4n) is 9.21. The summed E-state index contributed by atoms with van der Waals surface area (Å²) in [5.41, 5.74) is -0.634. The average molecular weight is 734 g/mol. The van der Waals surface area contributed by atoms with E-state index in [0.29, 0.717) is 16.7 Å². The first-order valence-corrected chi connectivity index (χ1v) is 17.2. The normalized spacial score (nSPS) is 26.4. The number of nitrogens with zero attached hydrogens (tertiary/aromatic N) is 1. The molecule has 2 N–H and O–H groups in total. The van der Waals surface area contributed by atoms with Gasteiger partial charge >= 0.3 is 12.3 Å². The highest BCUT2D eigenvalue weighted by atomic mass is 19.4. The molecule has 0 radical (unpaired) electrons. The summed E-state index contributed by atoms with van der Waals surface area (Å²) in [4.78, 5) is 71.4. The maximum atomic E-state index is 15.1. The van der Waals surface area contributed by atoms with Gasteiger partial charge in [-0.1, -0.05) is 78.4 Å². The molecule has 2 fully saturated rings. The number of carboxylic acids is 1. The molecule has 0 bridgehead atoms. The molecule has 6 unspecified atom stereocenters. The number of imide groups is 1. The van der Waals surface area contributed by atoms with Gasteiger partial charge in [-0.25, -0.2) is 4.79 Å². The molecule has 1 saturated carbocycles. The number of benzene rings is 4. The van der Waals surface area contributed by atoms with Crippen molar-refractivity contribution in [2.75, 3.05) is 4.90 Å². The summed E-state index contributed by atoms with van der Waals surface area (Å²) in [5.74, 6) is -9.96. The highest BCUT2D eigenvalue weighted by molar-refractivity contribution is 6.32. The Morgan fingerprint density at radius 1 is 0.833 bits per heavy atom. The number of carbonyl (C=O) groups excluding carboxylic acids is 4. The van der Waals surface area contributed by atoms with Crippen molar-refractivity contribution in [1.29, 1.82) is 0 Å². The van der Waals surface area contributed by atoms with Crippen molar-refractivity contribution in [1.82, 2.24) is 0 Å². The number of amides is 2. The van der Waals surface area contributed by atoms with Crippen molar-refractivity contribution in [2.45, 2.75) is 30.5 Å². The van der Waals surface area contributed by atoms with Crippen molar-refractivity contribution in [2.24, 2.45) is 23.7 Å². The lowest BCUT2D eigenvalue weighted by Gasteiger charge is -2.55. The number of hydrogen-bond donors (Lipinski definition) is 2. The highest BCUT2D eigenvalue weighted by Crippen LogP contribution is 2.64. The Hall–Kier alpha value is -6.30. The quantitative estimate of drug-likeness (QED) is 0.159. The molecule has 4 aromatic rings. The van der Waals surface area contributed by atoms with Gasteiger partial charge in [0.15, 0.2) is 11.6 Å². The van der Waals surface area contributed by atoms with Crippen LogP contribution in [0.15, 0.2) is 121 Å². The maximum absolute atomic E-state index is 15.1. The van der Waals surface area contributed by atoms with E-state index in [4.69, 9.17) is 0 Å². The van der Waals surface area contributed by atoms with E-state index in [1.54, 1.807) is 66.7 Å². The van der Waals surface area contributed by atoms with E-state index in [1.165, 1.54) is 30.3 Å². The Balaban J connectivity index is 1.36.